The molecule has 8 nitrogen and oxygen atoms in total. The van der Waals surface area contributed by atoms with Crippen molar-refractivity contribution in [1.82, 2.24) is 9.97 Å². The molecule has 0 spiro atoms. The van der Waals surface area contributed by atoms with Crippen LogP contribution in [-0.4, -0.2) is 51.8 Å². The molecule has 0 radical (unpaired) electrons. The molecular weight excluding hydrogens is 475 g/mol. The number of hydrogen-bond acceptors (Lipinski definition) is 7. The molecule has 1 aliphatic heterocycles. The summed E-state index contributed by atoms with van der Waals surface area (Å²) < 4.78 is 44.0. The number of aromatic nitrogens is 2. The van der Waals surface area contributed by atoms with Crippen LogP contribution in [0.5, 0.6) is 0 Å². The summed E-state index contributed by atoms with van der Waals surface area (Å²) in [6, 6.07) is 5.27. The Labute approximate surface area is 205 Å². The van der Waals surface area contributed by atoms with E-state index in [9.17, 15) is 23.1 Å². The molecule has 5 N–H and O–H groups in total. The molecule has 0 bridgehead atoms. The standard InChI is InChI=1S/C25H26F3N5O3/c1-13-6-15(29)11-33(10-13)21-4-5-30-9-20(21)32-25(36)19-3-2-16(26)24(31-19)23-17(27)7-14(8-18(23)28)22(35)12-34/h2-5,7-9,13,15,22,34-35H,6,10-12,29H2,1H3,(H,32,36)/t13-,15?,22?/m1/s1. The number of nitrogens with two attached hydrogens (primary N) is 1. The van der Waals surface area contributed by atoms with Crippen LogP contribution >= 0.6 is 0 Å². The molecule has 36 heavy (non-hydrogen) atoms. The van der Waals surface area contributed by atoms with Gasteiger partial charge in [0.15, 0.2) is 0 Å². The van der Waals surface area contributed by atoms with E-state index in [1.807, 2.05) is 4.90 Å². The average molecular weight is 502 g/mol. The maximum absolute atomic E-state index is 14.7. The maximum atomic E-state index is 14.7. The third kappa shape index (κ3) is 5.32. The number of piperidine rings is 1. The van der Waals surface area contributed by atoms with E-state index in [2.05, 4.69) is 22.2 Å². The molecule has 4 rings (SSSR count). The number of rotatable bonds is 6. The second kappa shape index (κ2) is 10.6. The van der Waals surface area contributed by atoms with Crippen molar-refractivity contribution < 1.29 is 28.2 Å². The van der Waals surface area contributed by atoms with Crippen molar-refractivity contribution in [2.24, 2.45) is 11.7 Å². The molecule has 11 heteroatoms. The fourth-order valence-electron chi connectivity index (χ4n) is 4.40. The Balaban J connectivity index is 1.64. The van der Waals surface area contributed by atoms with E-state index < -0.39 is 47.3 Å². The number of nitrogens with zero attached hydrogens (tertiary/aromatic N) is 3. The lowest BCUT2D eigenvalue weighted by Crippen LogP contribution is -2.46. The zero-order chi connectivity index (χ0) is 26.0. The van der Waals surface area contributed by atoms with Gasteiger partial charge in [-0.25, -0.2) is 18.2 Å². The van der Waals surface area contributed by atoms with Gasteiger partial charge in [-0.2, -0.15) is 0 Å². The number of amides is 1. The van der Waals surface area contributed by atoms with Gasteiger partial charge in [0.25, 0.3) is 5.91 Å². The minimum absolute atomic E-state index is 0.0264. The molecule has 1 fully saturated rings. The normalized spacial score (nSPS) is 18.7. The van der Waals surface area contributed by atoms with Gasteiger partial charge < -0.3 is 26.2 Å². The molecule has 0 saturated carbocycles. The quantitative estimate of drug-likeness (QED) is 0.409. The van der Waals surface area contributed by atoms with E-state index in [1.165, 1.54) is 6.20 Å². The predicted molar refractivity (Wildman–Crippen MR) is 128 cm³/mol. The van der Waals surface area contributed by atoms with Crippen molar-refractivity contribution >= 4 is 17.3 Å². The number of aliphatic hydroxyl groups is 2. The van der Waals surface area contributed by atoms with Crippen molar-refractivity contribution in [1.29, 1.82) is 0 Å². The minimum atomic E-state index is -1.51. The molecule has 2 unspecified atom stereocenters. The monoisotopic (exact) mass is 501 g/mol. The maximum Gasteiger partial charge on any atom is 0.274 e. The fourth-order valence-corrected chi connectivity index (χ4v) is 4.40. The summed E-state index contributed by atoms with van der Waals surface area (Å²) in [6.45, 7) is 2.67. The van der Waals surface area contributed by atoms with E-state index in [-0.39, 0.29) is 17.3 Å². The van der Waals surface area contributed by atoms with Crippen LogP contribution in [-0.2, 0) is 0 Å². The van der Waals surface area contributed by atoms with Crippen LogP contribution in [0, 0.1) is 23.4 Å². The third-order valence-electron chi connectivity index (χ3n) is 6.02. The van der Waals surface area contributed by atoms with Gasteiger partial charge in [-0.3, -0.25) is 9.78 Å². The van der Waals surface area contributed by atoms with Crippen LogP contribution in [0.25, 0.3) is 11.3 Å². The van der Waals surface area contributed by atoms with E-state index in [0.29, 0.717) is 23.8 Å². The highest BCUT2D eigenvalue weighted by Gasteiger charge is 2.26. The average Bonchev–Trinajstić information content (AvgIpc) is 2.83. The zero-order valence-electron chi connectivity index (χ0n) is 19.5. The fraction of sp³-hybridized carbons (Fsp3) is 0.320. The highest BCUT2D eigenvalue weighted by Crippen LogP contribution is 2.31. The summed E-state index contributed by atoms with van der Waals surface area (Å²) in [5, 5.41) is 21.4. The Bertz CT molecular complexity index is 1240. The first-order chi connectivity index (χ1) is 17.2. The first kappa shape index (κ1) is 25.5. The molecule has 3 atom stereocenters. The lowest BCUT2D eigenvalue weighted by molar-refractivity contribution is 0.0951. The Kier molecular flexibility index (Phi) is 7.53. The van der Waals surface area contributed by atoms with Crippen molar-refractivity contribution in [3.63, 3.8) is 0 Å². The third-order valence-corrected chi connectivity index (χ3v) is 6.02. The lowest BCUT2D eigenvalue weighted by atomic mass is 9.96. The van der Waals surface area contributed by atoms with E-state index >= 15 is 0 Å². The molecule has 3 aromatic rings. The van der Waals surface area contributed by atoms with E-state index in [1.54, 1.807) is 12.3 Å². The van der Waals surface area contributed by atoms with Gasteiger partial charge in [0.2, 0.25) is 0 Å². The number of nitrogens with one attached hydrogen (secondary N) is 1. The highest BCUT2D eigenvalue weighted by molar-refractivity contribution is 6.04. The molecule has 2 aromatic heterocycles. The SMILES string of the molecule is C[C@@H]1CC(N)CN(c2ccncc2NC(=O)c2ccc(F)c(-c3c(F)cc(C(O)CO)cc3F)n2)C1. The zero-order valence-corrected chi connectivity index (χ0v) is 19.5. The topological polar surface area (TPSA) is 125 Å². The molecule has 3 heterocycles. The number of benzene rings is 1. The number of hydrogen-bond donors (Lipinski definition) is 4. The lowest BCUT2D eigenvalue weighted by Gasteiger charge is -2.37. The summed E-state index contributed by atoms with van der Waals surface area (Å²) in [7, 11) is 0. The smallest absolute Gasteiger partial charge is 0.274 e. The van der Waals surface area contributed by atoms with Crippen LogP contribution in [0.1, 0.15) is 35.5 Å². The van der Waals surface area contributed by atoms with Gasteiger partial charge in [-0.05, 0) is 48.2 Å². The Hall–Kier alpha value is -3.54. The van der Waals surface area contributed by atoms with Crippen molar-refractivity contribution in [2.45, 2.75) is 25.5 Å². The molecule has 0 aliphatic carbocycles. The Morgan fingerprint density at radius 2 is 1.92 bits per heavy atom. The molecule has 190 valence electrons. The van der Waals surface area contributed by atoms with Crippen LogP contribution in [0.2, 0.25) is 0 Å². The van der Waals surface area contributed by atoms with Gasteiger partial charge in [0, 0.05) is 25.3 Å². The Morgan fingerprint density at radius 3 is 2.58 bits per heavy atom. The van der Waals surface area contributed by atoms with Gasteiger partial charge in [-0.15, -0.1) is 0 Å². The summed E-state index contributed by atoms with van der Waals surface area (Å²) in [5.74, 6) is -3.83. The van der Waals surface area contributed by atoms with Crippen LogP contribution < -0.4 is 16.0 Å². The summed E-state index contributed by atoms with van der Waals surface area (Å²) in [6.07, 6.45) is 2.43. The molecule has 1 amide bonds. The van der Waals surface area contributed by atoms with Gasteiger partial charge in [0.1, 0.15) is 34.9 Å². The second-order valence-electron chi connectivity index (χ2n) is 8.94. The van der Waals surface area contributed by atoms with E-state index in [4.69, 9.17) is 10.8 Å². The number of halogens is 3. The van der Waals surface area contributed by atoms with Crippen molar-refractivity contribution in [3.8, 4) is 11.3 Å². The van der Waals surface area contributed by atoms with Crippen LogP contribution in [0.3, 0.4) is 0 Å². The summed E-state index contributed by atoms with van der Waals surface area (Å²) in [5.41, 5.74) is 5.26. The van der Waals surface area contributed by atoms with Gasteiger partial charge >= 0.3 is 0 Å². The summed E-state index contributed by atoms with van der Waals surface area (Å²) in [4.78, 5) is 23.0. The second-order valence-corrected chi connectivity index (χ2v) is 8.94. The highest BCUT2D eigenvalue weighted by atomic mass is 19.1. The first-order valence-electron chi connectivity index (χ1n) is 11.4. The Morgan fingerprint density at radius 1 is 1.19 bits per heavy atom. The number of aliphatic hydroxyl groups excluding tert-OH is 2. The molecular formula is C25H26F3N5O3. The van der Waals surface area contributed by atoms with Crippen molar-refractivity contribution in [3.05, 3.63) is 71.4 Å². The van der Waals surface area contributed by atoms with Crippen LogP contribution in [0.15, 0.2) is 42.7 Å². The molecule has 1 aromatic carbocycles. The number of anilines is 2. The van der Waals surface area contributed by atoms with Gasteiger partial charge in [0.05, 0.1) is 29.7 Å². The van der Waals surface area contributed by atoms with Crippen LogP contribution in [0.4, 0.5) is 24.5 Å². The first-order valence-corrected chi connectivity index (χ1v) is 11.4. The molecule has 1 saturated heterocycles. The minimum Gasteiger partial charge on any atom is -0.393 e. The number of carbonyl (C=O) groups is 1. The number of pyridine rings is 2. The molecule has 1 aliphatic rings. The predicted octanol–water partition coefficient (Wildman–Crippen LogP) is 3.01. The largest absolute Gasteiger partial charge is 0.393 e. The number of carbonyl (C=O) groups excluding carboxylic acids is 1. The summed E-state index contributed by atoms with van der Waals surface area (Å²) >= 11 is 0. The van der Waals surface area contributed by atoms with E-state index in [0.717, 1.165) is 37.2 Å². The van der Waals surface area contributed by atoms with Gasteiger partial charge in [-0.1, -0.05) is 6.92 Å². The van der Waals surface area contributed by atoms with Crippen molar-refractivity contribution in [2.75, 3.05) is 29.9 Å².